The van der Waals surface area contributed by atoms with E-state index in [4.69, 9.17) is 15.3 Å². The molecule has 0 bridgehead atoms. The average Bonchev–Trinajstić information content (AvgIpc) is 2.50. The second-order valence-corrected chi connectivity index (χ2v) is 2.60. The van der Waals surface area contributed by atoms with Crippen LogP contribution < -0.4 is 5.73 Å². The van der Waals surface area contributed by atoms with Crippen LogP contribution in [0.25, 0.3) is 0 Å². The summed E-state index contributed by atoms with van der Waals surface area (Å²) in [4.78, 5) is 4.16. The van der Waals surface area contributed by atoms with Gasteiger partial charge in [-0.3, -0.25) is 0 Å². The first-order chi connectivity index (χ1) is 5.86. The van der Waals surface area contributed by atoms with Crippen LogP contribution in [0.15, 0.2) is 10.7 Å². The molecule has 1 heterocycles. The molecule has 0 fully saturated rings. The summed E-state index contributed by atoms with van der Waals surface area (Å²) < 4.78 is 5.09. The number of oxazole rings is 1. The Morgan fingerprint density at radius 3 is 3.00 bits per heavy atom. The number of aliphatic hydroxyl groups excluding tert-OH is 1. The molecule has 1 aromatic heterocycles. The minimum Gasteiger partial charge on any atom is -0.449 e. The van der Waals surface area contributed by atoms with E-state index in [0.29, 0.717) is 18.9 Å². The number of aliphatic hydroxyl groups is 1. The number of aromatic nitrogens is 1. The number of nitrogens with zero attached hydrogens (tertiary/aromatic N) is 1. The number of hydrogen-bond donors (Lipinski definition) is 2. The van der Waals surface area contributed by atoms with Gasteiger partial charge in [0.25, 0.3) is 0 Å². The van der Waals surface area contributed by atoms with Gasteiger partial charge < -0.3 is 15.3 Å². The van der Waals surface area contributed by atoms with E-state index < -0.39 is 0 Å². The molecule has 0 aromatic carbocycles. The molecule has 0 saturated heterocycles. The topological polar surface area (TPSA) is 72.3 Å². The van der Waals surface area contributed by atoms with Crippen LogP contribution in [0.5, 0.6) is 0 Å². The molecule has 68 valence electrons. The molecule has 0 unspecified atom stereocenters. The van der Waals surface area contributed by atoms with Gasteiger partial charge in [0, 0.05) is 6.42 Å². The van der Waals surface area contributed by atoms with Gasteiger partial charge in [0.1, 0.15) is 6.26 Å². The molecule has 0 amide bonds. The fourth-order valence-corrected chi connectivity index (χ4v) is 0.957. The van der Waals surface area contributed by atoms with Crippen molar-refractivity contribution in [1.82, 2.24) is 4.98 Å². The number of nitrogens with two attached hydrogens (primary N) is 1. The summed E-state index contributed by atoms with van der Waals surface area (Å²) in [7, 11) is 0. The van der Waals surface area contributed by atoms with Gasteiger partial charge in [0.05, 0.1) is 12.3 Å². The van der Waals surface area contributed by atoms with E-state index in [2.05, 4.69) is 4.98 Å². The predicted molar refractivity (Wildman–Crippen MR) is 44.7 cm³/mol. The van der Waals surface area contributed by atoms with Crippen molar-refractivity contribution in [2.45, 2.75) is 19.3 Å². The predicted octanol–water partition coefficient (Wildman–Crippen LogP) is 0.101. The minimum absolute atomic E-state index is 0.0802. The maximum atomic E-state index is 8.59. The lowest BCUT2D eigenvalue weighted by atomic mass is 10.2. The summed E-state index contributed by atoms with van der Waals surface area (Å²) >= 11 is 0. The van der Waals surface area contributed by atoms with Gasteiger partial charge >= 0.3 is 0 Å². The molecule has 1 aromatic rings. The van der Waals surface area contributed by atoms with Crippen molar-refractivity contribution in [3.63, 3.8) is 0 Å². The van der Waals surface area contributed by atoms with Gasteiger partial charge in [0.2, 0.25) is 0 Å². The van der Waals surface area contributed by atoms with Gasteiger partial charge in [-0.1, -0.05) is 0 Å². The number of rotatable bonds is 5. The van der Waals surface area contributed by atoms with Gasteiger partial charge in [-0.15, -0.1) is 0 Å². The van der Waals surface area contributed by atoms with Crippen LogP contribution in [-0.4, -0.2) is 23.2 Å². The van der Waals surface area contributed by atoms with E-state index in [1.54, 1.807) is 6.26 Å². The van der Waals surface area contributed by atoms with E-state index in [9.17, 15) is 0 Å². The molecule has 0 saturated carbocycles. The summed E-state index contributed by atoms with van der Waals surface area (Å²) in [5.74, 6) is 0.601. The summed E-state index contributed by atoms with van der Waals surface area (Å²) in [5, 5.41) is 8.59. The van der Waals surface area contributed by atoms with Crippen molar-refractivity contribution in [2.24, 2.45) is 5.73 Å². The minimum atomic E-state index is 0.0802. The summed E-state index contributed by atoms with van der Waals surface area (Å²) in [6.07, 6.45) is 3.89. The fourth-order valence-electron chi connectivity index (χ4n) is 0.957. The third-order valence-electron chi connectivity index (χ3n) is 1.56. The van der Waals surface area contributed by atoms with Crippen molar-refractivity contribution < 1.29 is 9.52 Å². The average molecular weight is 170 g/mol. The maximum Gasteiger partial charge on any atom is 0.196 e. The molecule has 12 heavy (non-hydrogen) atoms. The first-order valence-electron chi connectivity index (χ1n) is 4.11. The van der Waals surface area contributed by atoms with E-state index >= 15 is 0 Å². The quantitative estimate of drug-likeness (QED) is 0.657. The van der Waals surface area contributed by atoms with Crippen molar-refractivity contribution >= 4 is 0 Å². The standard InChI is InChI=1S/C8H14N2O2/c9-4-1-2-7-6-12-8(10-7)3-5-11/h6,11H,1-5,9H2. The zero-order valence-corrected chi connectivity index (χ0v) is 6.99. The van der Waals surface area contributed by atoms with E-state index in [0.717, 1.165) is 18.5 Å². The van der Waals surface area contributed by atoms with Crippen LogP contribution >= 0.6 is 0 Å². The highest BCUT2D eigenvalue weighted by Crippen LogP contribution is 2.04. The molecular weight excluding hydrogens is 156 g/mol. The lowest BCUT2D eigenvalue weighted by Gasteiger charge is -1.90. The van der Waals surface area contributed by atoms with Gasteiger partial charge in [0.15, 0.2) is 5.89 Å². The van der Waals surface area contributed by atoms with E-state index in [1.807, 2.05) is 0 Å². The highest BCUT2D eigenvalue weighted by atomic mass is 16.3. The van der Waals surface area contributed by atoms with Crippen molar-refractivity contribution in [1.29, 1.82) is 0 Å². The molecule has 4 heteroatoms. The van der Waals surface area contributed by atoms with Crippen molar-refractivity contribution in [2.75, 3.05) is 13.2 Å². The lowest BCUT2D eigenvalue weighted by molar-refractivity contribution is 0.285. The van der Waals surface area contributed by atoms with E-state index in [1.165, 1.54) is 0 Å². The van der Waals surface area contributed by atoms with Crippen LogP contribution in [0.4, 0.5) is 0 Å². The zero-order valence-electron chi connectivity index (χ0n) is 6.99. The zero-order chi connectivity index (χ0) is 8.81. The highest BCUT2D eigenvalue weighted by Gasteiger charge is 2.01. The Morgan fingerprint density at radius 2 is 2.33 bits per heavy atom. The highest BCUT2D eigenvalue weighted by molar-refractivity contribution is 4.96. The SMILES string of the molecule is NCCCc1coc(CCO)n1. The second-order valence-electron chi connectivity index (χ2n) is 2.60. The summed E-state index contributed by atoms with van der Waals surface area (Å²) in [6.45, 7) is 0.749. The lowest BCUT2D eigenvalue weighted by Crippen LogP contribution is -2.00. The maximum absolute atomic E-state index is 8.59. The largest absolute Gasteiger partial charge is 0.449 e. The van der Waals surface area contributed by atoms with Gasteiger partial charge in [-0.2, -0.15) is 0 Å². The van der Waals surface area contributed by atoms with Crippen LogP contribution in [0.2, 0.25) is 0 Å². The Morgan fingerprint density at radius 1 is 1.50 bits per heavy atom. The number of hydrogen-bond acceptors (Lipinski definition) is 4. The van der Waals surface area contributed by atoms with Crippen LogP contribution in [0.3, 0.4) is 0 Å². The first kappa shape index (κ1) is 9.22. The Balaban J connectivity index is 2.41. The molecule has 0 aliphatic carbocycles. The molecule has 3 N–H and O–H groups in total. The summed E-state index contributed by atoms with van der Waals surface area (Å²) in [5.41, 5.74) is 6.26. The summed E-state index contributed by atoms with van der Waals surface area (Å²) in [6, 6.07) is 0. The third-order valence-corrected chi connectivity index (χ3v) is 1.56. The van der Waals surface area contributed by atoms with Crippen molar-refractivity contribution in [3.8, 4) is 0 Å². The monoisotopic (exact) mass is 170 g/mol. The first-order valence-corrected chi connectivity index (χ1v) is 4.11. The van der Waals surface area contributed by atoms with Crippen molar-refractivity contribution in [3.05, 3.63) is 17.8 Å². The van der Waals surface area contributed by atoms with Crippen LogP contribution in [0, 0.1) is 0 Å². The molecule has 0 radical (unpaired) electrons. The molecule has 0 aliphatic rings. The Hall–Kier alpha value is -0.870. The third kappa shape index (κ3) is 2.64. The fraction of sp³-hybridized carbons (Fsp3) is 0.625. The normalized spacial score (nSPS) is 10.5. The number of aryl methyl sites for hydroxylation is 1. The molecule has 1 rings (SSSR count). The van der Waals surface area contributed by atoms with Gasteiger partial charge in [-0.25, -0.2) is 4.98 Å². The Labute approximate surface area is 71.4 Å². The second kappa shape index (κ2) is 4.90. The molecule has 0 atom stereocenters. The Kier molecular flexibility index (Phi) is 3.76. The van der Waals surface area contributed by atoms with Gasteiger partial charge in [-0.05, 0) is 19.4 Å². The smallest absolute Gasteiger partial charge is 0.196 e. The van der Waals surface area contributed by atoms with Crippen LogP contribution in [-0.2, 0) is 12.8 Å². The molecule has 0 spiro atoms. The Bertz CT molecular complexity index is 223. The molecule has 0 aliphatic heterocycles. The molecular formula is C8H14N2O2. The van der Waals surface area contributed by atoms with Crippen LogP contribution in [0.1, 0.15) is 18.0 Å². The van der Waals surface area contributed by atoms with E-state index in [-0.39, 0.29) is 6.61 Å². The molecule has 4 nitrogen and oxygen atoms in total.